The Labute approximate surface area is 191 Å². The average molecular weight is 454 g/mol. The van der Waals surface area contributed by atoms with Crippen molar-refractivity contribution in [3.8, 4) is 0 Å². The van der Waals surface area contributed by atoms with Crippen LogP contribution in [0.4, 0.5) is 0 Å². The molecule has 0 aliphatic carbocycles. The van der Waals surface area contributed by atoms with E-state index in [9.17, 15) is 14.7 Å². The van der Waals surface area contributed by atoms with Gasteiger partial charge in [0.1, 0.15) is 6.04 Å². The number of carboxylic acid groups (broad SMARTS) is 1. The zero-order valence-electron chi connectivity index (χ0n) is 18.8. The lowest BCUT2D eigenvalue weighted by molar-refractivity contribution is -0.141. The Morgan fingerprint density at radius 2 is 1.81 bits per heavy atom. The number of carboxylic acids is 1. The summed E-state index contributed by atoms with van der Waals surface area (Å²) in [7, 11) is 1.33. The van der Waals surface area contributed by atoms with Crippen LogP contribution in [0.2, 0.25) is 0 Å². The largest absolute Gasteiger partial charge is 0.480 e. The molecule has 0 saturated heterocycles. The first-order valence-corrected chi connectivity index (χ1v) is 12.0. The molecular formula is C24H39NO5S. The topological polar surface area (TPSA) is 110 Å². The minimum Gasteiger partial charge on any atom is -0.480 e. The molecule has 0 amide bonds. The highest BCUT2D eigenvalue weighted by molar-refractivity contribution is 8.00. The van der Waals surface area contributed by atoms with Crippen LogP contribution in [0.5, 0.6) is 0 Å². The third-order valence-electron chi connectivity index (χ3n) is 4.46. The fourth-order valence-corrected chi connectivity index (χ4v) is 3.70. The lowest BCUT2D eigenvalue weighted by atomic mass is 10.1. The SMILES string of the molecule is CCCCC/C=C/C/C=C/C=C/C=C/C(SCC(N)C(=O)O)C(O)CCCC(=O)OC. The average Bonchev–Trinajstić information content (AvgIpc) is 2.75. The van der Waals surface area contributed by atoms with E-state index in [0.29, 0.717) is 12.8 Å². The molecule has 0 fully saturated rings. The number of thioether (sulfide) groups is 1. The molecule has 31 heavy (non-hydrogen) atoms. The monoisotopic (exact) mass is 453 g/mol. The van der Waals surface area contributed by atoms with E-state index < -0.39 is 18.1 Å². The highest BCUT2D eigenvalue weighted by Crippen LogP contribution is 2.21. The molecule has 3 atom stereocenters. The van der Waals surface area contributed by atoms with E-state index >= 15 is 0 Å². The maximum atomic E-state index is 11.2. The molecule has 0 radical (unpaired) electrons. The van der Waals surface area contributed by atoms with Crippen LogP contribution in [-0.2, 0) is 14.3 Å². The van der Waals surface area contributed by atoms with Crippen LogP contribution in [0.25, 0.3) is 0 Å². The molecule has 0 heterocycles. The molecule has 0 spiro atoms. The summed E-state index contributed by atoms with van der Waals surface area (Å²) in [5.74, 6) is -1.20. The zero-order chi connectivity index (χ0) is 23.3. The van der Waals surface area contributed by atoms with E-state index in [1.165, 1.54) is 38.1 Å². The predicted octanol–water partition coefficient (Wildman–Crippen LogP) is 4.40. The number of ether oxygens (including phenoxy) is 1. The van der Waals surface area contributed by atoms with Crippen LogP contribution in [0.1, 0.15) is 58.3 Å². The van der Waals surface area contributed by atoms with E-state index in [4.69, 9.17) is 10.8 Å². The predicted molar refractivity (Wildman–Crippen MR) is 129 cm³/mol. The fourth-order valence-electron chi connectivity index (χ4n) is 2.57. The van der Waals surface area contributed by atoms with Gasteiger partial charge in [0.05, 0.1) is 13.2 Å². The maximum absolute atomic E-state index is 11.2. The van der Waals surface area contributed by atoms with Crippen molar-refractivity contribution >= 4 is 23.7 Å². The van der Waals surface area contributed by atoms with Gasteiger partial charge in [-0.15, -0.1) is 11.8 Å². The molecule has 6 nitrogen and oxygen atoms in total. The van der Waals surface area contributed by atoms with Gasteiger partial charge < -0.3 is 20.7 Å². The fraction of sp³-hybridized carbons (Fsp3) is 0.583. The molecule has 0 saturated carbocycles. The third kappa shape index (κ3) is 17.5. The van der Waals surface area contributed by atoms with E-state index in [1.807, 2.05) is 30.4 Å². The van der Waals surface area contributed by atoms with Gasteiger partial charge in [-0.3, -0.25) is 9.59 Å². The second-order valence-electron chi connectivity index (χ2n) is 7.18. The Morgan fingerprint density at radius 3 is 2.48 bits per heavy atom. The first-order valence-electron chi connectivity index (χ1n) is 10.9. The number of hydrogen-bond donors (Lipinski definition) is 3. The lowest BCUT2D eigenvalue weighted by Crippen LogP contribution is -2.34. The number of aliphatic hydroxyl groups is 1. The van der Waals surface area contributed by atoms with Crippen LogP contribution >= 0.6 is 11.8 Å². The lowest BCUT2D eigenvalue weighted by Gasteiger charge is -2.20. The zero-order valence-corrected chi connectivity index (χ0v) is 19.6. The quantitative estimate of drug-likeness (QED) is 0.122. The number of nitrogens with two attached hydrogens (primary N) is 1. The first kappa shape index (κ1) is 29.2. The second kappa shape index (κ2) is 20.1. The number of aliphatic hydroxyl groups excluding tert-OH is 1. The number of esters is 1. The minimum atomic E-state index is -1.07. The third-order valence-corrected chi connectivity index (χ3v) is 5.86. The van der Waals surface area contributed by atoms with Crippen molar-refractivity contribution in [2.24, 2.45) is 5.73 Å². The molecule has 176 valence electrons. The van der Waals surface area contributed by atoms with Gasteiger partial charge in [0, 0.05) is 17.4 Å². The Morgan fingerprint density at radius 1 is 1.06 bits per heavy atom. The maximum Gasteiger partial charge on any atom is 0.321 e. The minimum absolute atomic E-state index is 0.187. The Balaban J connectivity index is 4.55. The van der Waals surface area contributed by atoms with Crippen LogP contribution in [0.3, 0.4) is 0 Å². The van der Waals surface area contributed by atoms with Crippen molar-refractivity contribution in [2.45, 2.75) is 75.7 Å². The molecule has 4 N–H and O–H groups in total. The van der Waals surface area contributed by atoms with Gasteiger partial charge in [-0.2, -0.15) is 0 Å². The first-order chi connectivity index (χ1) is 14.9. The second-order valence-corrected chi connectivity index (χ2v) is 8.39. The smallest absolute Gasteiger partial charge is 0.321 e. The number of aliphatic carboxylic acids is 1. The van der Waals surface area contributed by atoms with Gasteiger partial charge in [-0.05, 0) is 32.1 Å². The highest BCUT2D eigenvalue weighted by atomic mass is 32.2. The number of hydrogen-bond acceptors (Lipinski definition) is 6. The van der Waals surface area contributed by atoms with Gasteiger partial charge in [-0.25, -0.2) is 0 Å². The van der Waals surface area contributed by atoms with Crippen LogP contribution < -0.4 is 5.73 Å². The van der Waals surface area contributed by atoms with E-state index in [0.717, 1.165) is 12.8 Å². The van der Waals surface area contributed by atoms with Crippen molar-refractivity contribution in [3.05, 3.63) is 48.6 Å². The van der Waals surface area contributed by atoms with Crippen molar-refractivity contribution in [2.75, 3.05) is 12.9 Å². The van der Waals surface area contributed by atoms with Gasteiger partial charge in [0.15, 0.2) is 0 Å². The number of methoxy groups -OCH3 is 1. The Kier molecular flexibility index (Phi) is 18.9. The molecule has 0 bridgehead atoms. The van der Waals surface area contributed by atoms with Gasteiger partial charge >= 0.3 is 11.9 Å². The number of unbranched alkanes of at least 4 members (excludes halogenated alkanes) is 3. The summed E-state index contributed by atoms with van der Waals surface area (Å²) in [6.07, 6.45) is 22.1. The van der Waals surface area contributed by atoms with Crippen molar-refractivity contribution in [1.82, 2.24) is 0 Å². The number of carbonyl (C=O) groups excluding carboxylic acids is 1. The number of allylic oxidation sites excluding steroid dienone is 7. The molecule has 0 aliphatic rings. The molecule has 0 aliphatic heterocycles. The summed E-state index contributed by atoms with van der Waals surface area (Å²) >= 11 is 1.29. The number of carbonyl (C=O) groups is 2. The summed E-state index contributed by atoms with van der Waals surface area (Å²) in [5.41, 5.74) is 5.58. The van der Waals surface area contributed by atoms with Crippen molar-refractivity contribution in [3.63, 3.8) is 0 Å². The highest BCUT2D eigenvalue weighted by Gasteiger charge is 2.20. The van der Waals surface area contributed by atoms with Crippen LogP contribution in [0.15, 0.2) is 48.6 Å². The molecule has 0 aromatic heterocycles. The summed E-state index contributed by atoms with van der Waals surface area (Å²) in [5, 5.41) is 19.1. The number of rotatable bonds is 18. The Hall–Kier alpha value is -1.83. The summed E-state index contributed by atoms with van der Waals surface area (Å²) in [6.45, 7) is 2.20. The Bertz CT molecular complexity index is 601. The van der Waals surface area contributed by atoms with Crippen LogP contribution in [0, 0.1) is 0 Å². The molecule has 3 unspecified atom stereocenters. The summed E-state index contributed by atoms with van der Waals surface area (Å²) in [4.78, 5) is 22.2. The van der Waals surface area contributed by atoms with Gasteiger partial charge in [0.25, 0.3) is 0 Å². The van der Waals surface area contributed by atoms with E-state index in [1.54, 1.807) is 0 Å². The molecule has 0 aromatic rings. The normalized spacial score (nSPS) is 15.2. The summed E-state index contributed by atoms with van der Waals surface area (Å²) < 4.78 is 4.61. The van der Waals surface area contributed by atoms with Gasteiger partial charge in [0.2, 0.25) is 0 Å². The standard InChI is InChI=1S/C24H39NO5S/c1-3-4-5-6-7-8-9-10-11-12-13-14-17-22(31-19-20(25)24(28)29)21(26)16-15-18-23(27)30-2/h7-8,10-14,17,20-22,26H,3-6,9,15-16,18-19,25H2,1-2H3,(H,28,29)/b8-7+,11-10+,13-12+,17-14+. The summed E-state index contributed by atoms with van der Waals surface area (Å²) in [6, 6.07) is -0.989. The molecule has 0 aromatic carbocycles. The van der Waals surface area contributed by atoms with Crippen LogP contribution in [-0.4, -0.2) is 52.4 Å². The van der Waals surface area contributed by atoms with E-state index in [-0.39, 0.29) is 23.4 Å². The molecule has 7 heteroatoms. The van der Waals surface area contributed by atoms with Crippen molar-refractivity contribution in [1.29, 1.82) is 0 Å². The van der Waals surface area contributed by atoms with Crippen molar-refractivity contribution < 1.29 is 24.5 Å². The van der Waals surface area contributed by atoms with E-state index in [2.05, 4.69) is 29.9 Å². The molecule has 0 rings (SSSR count). The molecular weight excluding hydrogens is 414 g/mol. The van der Waals surface area contributed by atoms with Gasteiger partial charge in [-0.1, -0.05) is 68.4 Å².